The summed E-state index contributed by atoms with van der Waals surface area (Å²) in [4.78, 5) is 11.5. The van der Waals surface area contributed by atoms with E-state index in [0.717, 1.165) is 5.56 Å². The first-order valence-corrected chi connectivity index (χ1v) is 6.37. The average Bonchev–Trinajstić information content (AvgIpc) is 2.28. The van der Waals surface area contributed by atoms with Crippen molar-refractivity contribution in [2.24, 2.45) is 0 Å². The van der Waals surface area contributed by atoms with Crippen LogP contribution in [0.1, 0.15) is 12.5 Å². The third kappa shape index (κ3) is 3.65. The highest BCUT2D eigenvalue weighted by molar-refractivity contribution is 9.09. The van der Waals surface area contributed by atoms with E-state index in [9.17, 15) is 4.79 Å². The van der Waals surface area contributed by atoms with Gasteiger partial charge in [-0.15, -0.1) is 0 Å². The lowest BCUT2D eigenvalue weighted by Crippen LogP contribution is -2.08. The van der Waals surface area contributed by atoms with Crippen molar-refractivity contribution in [1.82, 2.24) is 0 Å². The van der Waals surface area contributed by atoms with Crippen molar-refractivity contribution in [3.05, 3.63) is 40.4 Å². The fraction of sp³-hybridized carbons (Fsp3) is 0.250. The van der Waals surface area contributed by atoms with Gasteiger partial charge in [-0.3, -0.25) is 0 Å². The second-order valence-electron chi connectivity index (χ2n) is 3.05. The maximum atomic E-state index is 11.5. The Hall–Kier alpha value is -0.800. The minimum Gasteiger partial charge on any atom is -0.463 e. The first-order chi connectivity index (χ1) is 7.69. The van der Waals surface area contributed by atoms with Gasteiger partial charge in [-0.25, -0.2) is 4.79 Å². The van der Waals surface area contributed by atoms with E-state index in [2.05, 4.69) is 15.9 Å². The van der Waals surface area contributed by atoms with Crippen LogP contribution in [0.4, 0.5) is 0 Å². The number of halogens is 2. The third-order valence-electron chi connectivity index (χ3n) is 1.92. The van der Waals surface area contributed by atoms with Crippen LogP contribution >= 0.6 is 27.5 Å². The molecule has 86 valence electrons. The second kappa shape index (κ2) is 6.71. The summed E-state index contributed by atoms with van der Waals surface area (Å²) in [5.41, 5.74) is 1.36. The molecule has 0 saturated carbocycles. The number of carbonyl (C=O) groups excluding carboxylic acids is 1. The molecule has 0 aliphatic carbocycles. The van der Waals surface area contributed by atoms with Gasteiger partial charge in [0, 0.05) is 15.9 Å². The Labute approximate surface area is 108 Å². The number of alkyl halides is 1. The Morgan fingerprint density at radius 3 is 2.75 bits per heavy atom. The molecule has 4 heteroatoms. The molecule has 0 unspecified atom stereocenters. The van der Waals surface area contributed by atoms with Crippen molar-refractivity contribution in [3.63, 3.8) is 0 Å². The monoisotopic (exact) mass is 302 g/mol. The summed E-state index contributed by atoms with van der Waals surface area (Å²) in [5, 5.41) is 1.06. The van der Waals surface area contributed by atoms with Crippen LogP contribution in [-0.2, 0) is 9.53 Å². The van der Waals surface area contributed by atoms with Crippen molar-refractivity contribution in [2.45, 2.75) is 6.92 Å². The minimum absolute atomic E-state index is 0.320. The lowest BCUT2D eigenvalue weighted by molar-refractivity contribution is -0.138. The smallest absolute Gasteiger partial charge is 0.334 e. The number of hydrogen-bond donors (Lipinski definition) is 0. The van der Waals surface area contributed by atoms with E-state index >= 15 is 0 Å². The quantitative estimate of drug-likeness (QED) is 0.482. The molecule has 0 amide bonds. The van der Waals surface area contributed by atoms with E-state index in [0.29, 0.717) is 22.5 Å². The van der Waals surface area contributed by atoms with Crippen molar-refractivity contribution >= 4 is 39.6 Å². The van der Waals surface area contributed by atoms with Crippen molar-refractivity contribution in [3.8, 4) is 0 Å². The molecule has 0 atom stereocenters. The van der Waals surface area contributed by atoms with Crippen molar-refractivity contribution in [2.75, 3.05) is 11.9 Å². The summed E-state index contributed by atoms with van der Waals surface area (Å²) in [6, 6.07) is 7.35. The van der Waals surface area contributed by atoms with Gasteiger partial charge in [0.2, 0.25) is 0 Å². The Kier molecular flexibility index (Phi) is 5.56. The Balaban J connectivity index is 2.96. The maximum absolute atomic E-state index is 11.5. The Morgan fingerprint density at radius 2 is 2.19 bits per heavy atom. The van der Waals surface area contributed by atoms with Crippen LogP contribution in [0, 0.1) is 0 Å². The molecule has 0 aliphatic rings. The summed E-state index contributed by atoms with van der Waals surface area (Å²) in [6.07, 6.45) is 1.73. The van der Waals surface area contributed by atoms with E-state index in [1.54, 1.807) is 19.1 Å². The SMILES string of the molecule is CCOC(=O)C(=Cc1ccccc1Cl)CBr. The summed E-state index contributed by atoms with van der Waals surface area (Å²) in [5.74, 6) is -0.320. The van der Waals surface area contributed by atoms with Crippen LogP contribution in [0.3, 0.4) is 0 Å². The predicted molar refractivity (Wildman–Crippen MR) is 69.9 cm³/mol. The van der Waals surface area contributed by atoms with Crippen LogP contribution in [0.25, 0.3) is 6.08 Å². The molecule has 0 bridgehead atoms. The van der Waals surface area contributed by atoms with Gasteiger partial charge < -0.3 is 4.74 Å². The third-order valence-corrected chi connectivity index (χ3v) is 2.86. The van der Waals surface area contributed by atoms with Gasteiger partial charge in [0.05, 0.1) is 6.61 Å². The average molecular weight is 304 g/mol. The zero-order valence-electron chi connectivity index (χ0n) is 8.87. The van der Waals surface area contributed by atoms with E-state index in [-0.39, 0.29) is 5.97 Å². The standard InChI is InChI=1S/C12H12BrClO2/c1-2-16-12(15)10(8-13)7-9-5-3-4-6-11(9)14/h3-7H,2,8H2,1H3. The van der Waals surface area contributed by atoms with E-state index in [4.69, 9.17) is 16.3 Å². The molecule has 0 radical (unpaired) electrons. The molecule has 0 aliphatic heterocycles. The second-order valence-corrected chi connectivity index (χ2v) is 4.01. The topological polar surface area (TPSA) is 26.3 Å². The number of hydrogen-bond acceptors (Lipinski definition) is 2. The van der Waals surface area contributed by atoms with Crippen LogP contribution in [0.5, 0.6) is 0 Å². The summed E-state index contributed by atoms with van der Waals surface area (Å²) in [7, 11) is 0. The highest BCUT2D eigenvalue weighted by Crippen LogP contribution is 2.19. The van der Waals surface area contributed by atoms with E-state index in [1.165, 1.54) is 0 Å². The molecule has 0 fully saturated rings. The zero-order valence-corrected chi connectivity index (χ0v) is 11.2. The maximum Gasteiger partial charge on any atom is 0.334 e. The van der Waals surface area contributed by atoms with Gasteiger partial charge >= 0.3 is 5.97 Å². The van der Waals surface area contributed by atoms with Gasteiger partial charge in [-0.2, -0.15) is 0 Å². The normalized spacial score (nSPS) is 11.3. The zero-order chi connectivity index (χ0) is 12.0. The molecule has 16 heavy (non-hydrogen) atoms. The summed E-state index contributed by atoms with van der Waals surface area (Å²) >= 11 is 9.25. The van der Waals surface area contributed by atoms with Crippen LogP contribution in [0.2, 0.25) is 5.02 Å². The summed E-state index contributed by atoms with van der Waals surface area (Å²) < 4.78 is 4.93. The van der Waals surface area contributed by atoms with Crippen molar-refractivity contribution < 1.29 is 9.53 Å². The molecule has 0 spiro atoms. The first kappa shape index (κ1) is 13.3. The molecule has 1 aromatic rings. The number of rotatable bonds is 4. The van der Waals surface area contributed by atoms with Crippen LogP contribution in [0.15, 0.2) is 29.8 Å². The predicted octanol–water partition coefficient (Wildman–Crippen LogP) is 3.68. The van der Waals surface area contributed by atoms with Crippen LogP contribution in [-0.4, -0.2) is 17.9 Å². The van der Waals surface area contributed by atoms with Gasteiger partial charge in [0.15, 0.2) is 0 Å². The highest BCUT2D eigenvalue weighted by atomic mass is 79.9. The molecule has 0 aromatic heterocycles. The molecular weight excluding hydrogens is 291 g/mol. The van der Waals surface area contributed by atoms with E-state index in [1.807, 2.05) is 18.2 Å². The Bertz CT molecular complexity index is 402. The molecule has 1 rings (SSSR count). The number of carbonyl (C=O) groups is 1. The number of benzene rings is 1. The molecule has 2 nitrogen and oxygen atoms in total. The van der Waals surface area contributed by atoms with Gasteiger partial charge in [0.1, 0.15) is 0 Å². The van der Waals surface area contributed by atoms with Gasteiger partial charge in [-0.1, -0.05) is 45.7 Å². The minimum atomic E-state index is -0.320. The molecule has 0 heterocycles. The molecule has 0 N–H and O–H groups in total. The molecular formula is C12H12BrClO2. The first-order valence-electron chi connectivity index (χ1n) is 4.87. The fourth-order valence-corrected chi connectivity index (χ4v) is 1.74. The Morgan fingerprint density at radius 1 is 1.50 bits per heavy atom. The van der Waals surface area contributed by atoms with Gasteiger partial charge in [-0.05, 0) is 24.6 Å². The fourth-order valence-electron chi connectivity index (χ4n) is 1.16. The molecule has 0 saturated heterocycles. The van der Waals surface area contributed by atoms with E-state index < -0.39 is 0 Å². The number of ether oxygens (including phenoxy) is 1. The lowest BCUT2D eigenvalue weighted by atomic mass is 10.1. The lowest BCUT2D eigenvalue weighted by Gasteiger charge is -2.04. The van der Waals surface area contributed by atoms with Crippen molar-refractivity contribution in [1.29, 1.82) is 0 Å². The largest absolute Gasteiger partial charge is 0.463 e. The molecule has 1 aromatic carbocycles. The van der Waals surface area contributed by atoms with Gasteiger partial charge in [0.25, 0.3) is 0 Å². The van der Waals surface area contributed by atoms with Crippen LogP contribution < -0.4 is 0 Å². The summed E-state index contributed by atoms with van der Waals surface area (Å²) in [6.45, 7) is 2.14. The highest BCUT2D eigenvalue weighted by Gasteiger charge is 2.09. The number of esters is 1.